The van der Waals surface area contributed by atoms with Gasteiger partial charge in [0.25, 0.3) is 0 Å². The number of carboxylic acids is 1. The highest BCUT2D eigenvalue weighted by Crippen LogP contribution is 2.40. The van der Waals surface area contributed by atoms with Gasteiger partial charge in [-0.1, -0.05) is 30.3 Å². The van der Waals surface area contributed by atoms with Crippen LogP contribution in [-0.2, 0) is 13.2 Å². The van der Waals surface area contributed by atoms with Crippen LogP contribution in [0.3, 0.4) is 0 Å². The minimum atomic E-state index is -1.33. The number of halogens is 1. The van der Waals surface area contributed by atoms with Crippen LogP contribution in [0.15, 0.2) is 47.4 Å². The van der Waals surface area contributed by atoms with Gasteiger partial charge in [-0.3, -0.25) is 9.69 Å². The molecule has 0 radical (unpaired) electrons. The first-order valence-corrected chi connectivity index (χ1v) is 11.7. The first-order valence-electron chi connectivity index (χ1n) is 11.7. The Balaban J connectivity index is 1.55. The summed E-state index contributed by atoms with van der Waals surface area (Å²) in [7, 11) is 0. The molecule has 2 heterocycles. The Morgan fingerprint density at radius 1 is 1.18 bits per heavy atom. The van der Waals surface area contributed by atoms with Gasteiger partial charge in [-0.15, -0.1) is 0 Å². The summed E-state index contributed by atoms with van der Waals surface area (Å²) in [6.45, 7) is 4.34. The van der Waals surface area contributed by atoms with Crippen molar-refractivity contribution in [2.45, 2.75) is 45.0 Å². The SMILES string of the molecule is CC1CN(c2c(F)cc3c(=O)c(C(=O)O)cn(C4CC4)c3c2CO)CCN1Cc1ccccc1. The number of rotatable bonds is 6. The van der Waals surface area contributed by atoms with Crippen molar-refractivity contribution in [2.24, 2.45) is 0 Å². The molecule has 3 aromatic rings. The number of aromatic carboxylic acids is 1. The maximum atomic E-state index is 15.5. The number of piperazine rings is 1. The Kier molecular flexibility index (Phi) is 5.87. The highest BCUT2D eigenvalue weighted by atomic mass is 19.1. The maximum absolute atomic E-state index is 15.5. The molecule has 34 heavy (non-hydrogen) atoms. The van der Waals surface area contributed by atoms with E-state index in [1.165, 1.54) is 11.8 Å². The van der Waals surface area contributed by atoms with Crippen LogP contribution < -0.4 is 10.3 Å². The second kappa shape index (κ2) is 8.85. The van der Waals surface area contributed by atoms with Crippen LogP contribution in [0.4, 0.5) is 10.1 Å². The van der Waals surface area contributed by atoms with Gasteiger partial charge in [0.05, 0.1) is 17.8 Å². The molecule has 1 aliphatic carbocycles. The minimum Gasteiger partial charge on any atom is -0.477 e. The molecule has 1 saturated carbocycles. The van der Waals surface area contributed by atoms with Gasteiger partial charge in [-0.05, 0) is 31.4 Å². The number of carbonyl (C=O) groups is 1. The van der Waals surface area contributed by atoms with Crippen LogP contribution >= 0.6 is 0 Å². The molecule has 5 rings (SSSR count). The van der Waals surface area contributed by atoms with Crippen molar-refractivity contribution in [1.82, 2.24) is 9.47 Å². The van der Waals surface area contributed by atoms with Gasteiger partial charge < -0.3 is 19.7 Å². The Morgan fingerprint density at radius 2 is 1.91 bits per heavy atom. The number of nitrogens with zero attached hydrogens (tertiary/aromatic N) is 3. The monoisotopic (exact) mass is 465 g/mol. The van der Waals surface area contributed by atoms with Crippen molar-refractivity contribution < 1.29 is 19.4 Å². The van der Waals surface area contributed by atoms with E-state index in [2.05, 4.69) is 24.0 Å². The van der Waals surface area contributed by atoms with Crippen LogP contribution in [0.1, 0.15) is 47.3 Å². The van der Waals surface area contributed by atoms with Crippen molar-refractivity contribution >= 4 is 22.6 Å². The van der Waals surface area contributed by atoms with E-state index in [9.17, 15) is 19.8 Å². The highest BCUT2D eigenvalue weighted by Gasteiger charge is 2.32. The van der Waals surface area contributed by atoms with Crippen LogP contribution in [-0.4, -0.2) is 51.3 Å². The summed E-state index contributed by atoms with van der Waals surface area (Å²) in [5, 5.41) is 19.8. The molecule has 0 bridgehead atoms. The summed E-state index contributed by atoms with van der Waals surface area (Å²) in [5.74, 6) is -1.94. The predicted molar refractivity (Wildman–Crippen MR) is 128 cm³/mol. The van der Waals surface area contributed by atoms with E-state index < -0.39 is 23.8 Å². The van der Waals surface area contributed by atoms with Crippen molar-refractivity contribution in [3.63, 3.8) is 0 Å². The number of hydrogen-bond acceptors (Lipinski definition) is 5. The molecule has 178 valence electrons. The van der Waals surface area contributed by atoms with E-state index in [1.54, 1.807) is 4.57 Å². The van der Waals surface area contributed by atoms with E-state index in [1.807, 2.05) is 23.1 Å². The Labute approximate surface area is 196 Å². The van der Waals surface area contributed by atoms with E-state index in [-0.39, 0.29) is 23.0 Å². The lowest BCUT2D eigenvalue weighted by Crippen LogP contribution is -2.52. The summed E-state index contributed by atoms with van der Waals surface area (Å²) >= 11 is 0. The third-order valence-corrected chi connectivity index (χ3v) is 6.98. The van der Waals surface area contributed by atoms with Crippen molar-refractivity contribution in [3.8, 4) is 0 Å². The van der Waals surface area contributed by atoms with Gasteiger partial charge in [-0.2, -0.15) is 0 Å². The summed E-state index contributed by atoms with van der Waals surface area (Å²) in [5.41, 5.74) is 1.21. The van der Waals surface area contributed by atoms with Crippen molar-refractivity contribution in [2.75, 3.05) is 24.5 Å². The molecular weight excluding hydrogens is 437 g/mol. The molecule has 2 aliphatic rings. The van der Waals surface area contributed by atoms with Crippen LogP contribution in [0.5, 0.6) is 0 Å². The summed E-state index contributed by atoms with van der Waals surface area (Å²) in [4.78, 5) is 28.8. The number of aromatic nitrogens is 1. The zero-order valence-corrected chi connectivity index (χ0v) is 19.1. The molecule has 1 saturated heterocycles. The predicted octanol–water partition coefficient (Wildman–Crippen LogP) is 3.38. The molecule has 7 nitrogen and oxygen atoms in total. The van der Waals surface area contributed by atoms with Crippen molar-refractivity contribution in [3.05, 3.63) is 75.3 Å². The van der Waals surface area contributed by atoms with E-state index in [0.29, 0.717) is 29.9 Å². The molecule has 2 aromatic carbocycles. The standard InChI is InChI=1S/C26H28FN3O4/c1-16-12-29(10-9-28(16)13-17-5-3-2-4-6-17)24-21(15-31)23-19(11-22(24)27)25(32)20(26(33)34)14-30(23)18-7-8-18/h2-6,11,14,16,18,31H,7-10,12-13,15H2,1H3,(H,33,34). The van der Waals surface area contributed by atoms with Crippen molar-refractivity contribution in [1.29, 1.82) is 0 Å². The number of carboxylic acid groups (broad SMARTS) is 1. The van der Waals surface area contributed by atoms with Gasteiger partial charge in [0.2, 0.25) is 5.43 Å². The second-order valence-corrected chi connectivity index (χ2v) is 9.31. The lowest BCUT2D eigenvalue weighted by atomic mass is 10.0. The summed E-state index contributed by atoms with van der Waals surface area (Å²) in [6, 6.07) is 11.6. The summed E-state index contributed by atoms with van der Waals surface area (Å²) in [6.07, 6.45) is 3.06. The molecule has 1 aliphatic heterocycles. The number of pyridine rings is 1. The van der Waals surface area contributed by atoms with Crippen LogP contribution in [0.2, 0.25) is 0 Å². The highest BCUT2D eigenvalue weighted by molar-refractivity contribution is 5.95. The zero-order valence-electron chi connectivity index (χ0n) is 19.1. The van der Waals surface area contributed by atoms with Gasteiger partial charge in [0, 0.05) is 55.4 Å². The Hall–Kier alpha value is -3.23. The van der Waals surface area contributed by atoms with E-state index >= 15 is 4.39 Å². The molecular formula is C26H28FN3O4. The maximum Gasteiger partial charge on any atom is 0.341 e. The molecule has 0 amide bonds. The fourth-order valence-electron chi connectivity index (χ4n) is 5.09. The molecule has 0 spiro atoms. The topological polar surface area (TPSA) is 86.0 Å². The van der Waals surface area contributed by atoms with Gasteiger partial charge in [0.1, 0.15) is 11.4 Å². The Bertz CT molecular complexity index is 1300. The lowest BCUT2D eigenvalue weighted by molar-refractivity contribution is 0.0695. The molecule has 1 aromatic heterocycles. The molecule has 1 unspecified atom stereocenters. The van der Waals surface area contributed by atoms with Gasteiger partial charge in [0.15, 0.2) is 0 Å². The van der Waals surface area contributed by atoms with E-state index in [4.69, 9.17) is 0 Å². The number of fused-ring (bicyclic) bond motifs is 1. The smallest absolute Gasteiger partial charge is 0.341 e. The van der Waals surface area contributed by atoms with Gasteiger partial charge in [-0.25, -0.2) is 9.18 Å². The first kappa shape index (κ1) is 22.6. The van der Waals surface area contributed by atoms with E-state index in [0.717, 1.165) is 32.0 Å². The number of aliphatic hydroxyl groups is 1. The van der Waals surface area contributed by atoms with Crippen LogP contribution in [0.25, 0.3) is 10.9 Å². The van der Waals surface area contributed by atoms with Crippen LogP contribution in [0, 0.1) is 5.82 Å². The third kappa shape index (κ3) is 3.97. The minimum absolute atomic E-state index is 0.00728. The molecule has 1 atom stereocenters. The largest absolute Gasteiger partial charge is 0.477 e. The average molecular weight is 466 g/mol. The normalized spacial score (nSPS) is 19.0. The quantitative estimate of drug-likeness (QED) is 0.581. The fraction of sp³-hybridized carbons (Fsp3) is 0.385. The molecule has 2 fully saturated rings. The summed E-state index contributed by atoms with van der Waals surface area (Å²) < 4.78 is 17.3. The number of hydrogen-bond donors (Lipinski definition) is 2. The number of benzene rings is 2. The first-order chi connectivity index (χ1) is 16.4. The fourth-order valence-corrected chi connectivity index (χ4v) is 5.09. The molecule has 2 N–H and O–H groups in total. The number of anilines is 1. The number of aliphatic hydroxyl groups excluding tert-OH is 1. The molecule has 8 heteroatoms. The van der Waals surface area contributed by atoms with Gasteiger partial charge >= 0.3 is 5.97 Å². The lowest BCUT2D eigenvalue weighted by Gasteiger charge is -2.42. The zero-order chi connectivity index (χ0) is 24.0. The average Bonchev–Trinajstić information content (AvgIpc) is 3.66. The Morgan fingerprint density at radius 3 is 2.53 bits per heavy atom. The third-order valence-electron chi connectivity index (χ3n) is 6.98. The second-order valence-electron chi connectivity index (χ2n) is 9.31.